The lowest BCUT2D eigenvalue weighted by Gasteiger charge is -2.24. The van der Waals surface area contributed by atoms with Gasteiger partial charge >= 0.3 is 0 Å². The molecular weight excluding hydrogens is 582 g/mol. The van der Waals surface area contributed by atoms with Crippen molar-refractivity contribution in [1.29, 1.82) is 0 Å². The average molecular weight is 623 g/mol. The number of benzene rings is 6. The monoisotopic (exact) mass is 622 g/mol. The van der Waals surface area contributed by atoms with Crippen LogP contribution in [0.3, 0.4) is 0 Å². The van der Waals surface area contributed by atoms with Crippen LogP contribution in [0.4, 0.5) is 0 Å². The molecule has 2 nitrogen and oxygen atoms in total. The lowest BCUT2D eigenvalue weighted by atomic mass is 10.2. The molecule has 6 aromatic carbocycles. The second-order valence-corrected chi connectivity index (χ2v) is 15.6. The third-order valence-electron chi connectivity index (χ3n) is 7.93. The molecule has 0 spiro atoms. The Balaban J connectivity index is 1.14. The topological polar surface area (TPSA) is 24.1 Å². The van der Waals surface area contributed by atoms with Gasteiger partial charge in [-0.05, 0) is 65.7 Å². The van der Waals surface area contributed by atoms with Crippen molar-refractivity contribution in [2.45, 2.75) is 26.1 Å². The van der Waals surface area contributed by atoms with Crippen molar-refractivity contribution in [2.24, 2.45) is 0 Å². The summed E-state index contributed by atoms with van der Waals surface area (Å²) in [4.78, 5) is 0. The van der Waals surface area contributed by atoms with E-state index in [4.69, 9.17) is 0 Å². The van der Waals surface area contributed by atoms with Gasteiger partial charge in [-0.25, -0.2) is 0 Å². The van der Waals surface area contributed by atoms with Crippen molar-refractivity contribution in [3.63, 3.8) is 0 Å². The summed E-state index contributed by atoms with van der Waals surface area (Å²) in [5, 5.41) is 16.0. The summed E-state index contributed by atoms with van der Waals surface area (Å²) in [6, 6.07) is 62.1. The Bertz CT molecular complexity index is 1670. The summed E-state index contributed by atoms with van der Waals surface area (Å²) in [5.74, 6) is 0. The molecule has 1 atom stereocenters. The van der Waals surface area contributed by atoms with Gasteiger partial charge in [0.15, 0.2) is 0 Å². The van der Waals surface area contributed by atoms with Crippen LogP contribution in [-0.4, -0.2) is 12.6 Å². The van der Waals surface area contributed by atoms with Gasteiger partial charge in [0.05, 0.1) is 0 Å². The Morgan fingerprint density at radius 1 is 0.422 bits per heavy atom. The fourth-order valence-electron chi connectivity index (χ4n) is 5.70. The Hall–Kier alpha value is -3.90. The van der Waals surface area contributed by atoms with E-state index in [2.05, 4.69) is 187 Å². The van der Waals surface area contributed by atoms with Crippen molar-refractivity contribution in [3.05, 3.63) is 181 Å². The van der Waals surface area contributed by atoms with Crippen molar-refractivity contribution in [3.8, 4) is 0 Å². The molecule has 0 aliphatic carbocycles. The maximum Gasteiger partial charge on any atom is 0.0215 e. The minimum absolute atomic E-state index is 0.314. The molecule has 6 rings (SSSR count). The first-order valence-electron chi connectivity index (χ1n) is 15.7. The average Bonchev–Trinajstić information content (AvgIpc) is 3.11. The van der Waals surface area contributed by atoms with E-state index in [0.29, 0.717) is 6.04 Å². The minimum atomic E-state index is -0.641. The van der Waals surface area contributed by atoms with E-state index < -0.39 is 15.8 Å². The third kappa shape index (κ3) is 8.04. The molecule has 0 fully saturated rings. The lowest BCUT2D eigenvalue weighted by molar-refractivity contribution is 0.502. The maximum atomic E-state index is 3.82. The van der Waals surface area contributed by atoms with E-state index in [-0.39, 0.29) is 0 Å². The van der Waals surface area contributed by atoms with E-state index in [1.54, 1.807) is 0 Å². The van der Waals surface area contributed by atoms with Gasteiger partial charge in [0.2, 0.25) is 0 Å². The van der Waals surface area contributed by atoms with Crippen LogP contribution in [0.5, 0.6) is 0 Å². The molecule has 6 aromatic rings. The predicted octanol–water partition coefficient (Wildman–Crippen LogP) is 6.47. The zero-order valence-electron chi connectivity index (χ0n) is 25.8. The van der Waals surface area contributed by atoms with Crippen molar-refractivity contribution in [2.75, 3.05) is 6.54 Å². The largest absolute Gasteiger partial charge is 0.311 e. The predicted molar refractivity (Wildman–Crippen MR) is 198 cm³/mol. The molecule has 0 radical (unpaired) electrons. The lowest BCUT2D eigenvalue weighted by Crippen LogP contribution is -2.37. The first-order chi connectivity index (χ1) is 22.3. The fourth-order valence-corrected chi connectivity index (χ4v) is 10.6. The van der Waals surface area contributed by atoms with Crippen molar-refractivity contribution < 1.29 is 0 Å². The molecular formula is C41H40N2P2. The highest BCUT2D eigenvalue weighted by Gasteiger charge is 2.20. The summed E-state index contributed by atoms with van der Waals surface area (Å²) in [7, 11) is -1.28. The minimum Gasteiger partial charge on any atom is -0.311 e. The molecule has 0 amide bonds. The van der Waals surface area contributed by atoms with E-state index >= 15 is 0 Å². The highest BCUT2D eigenvalue weighted by atomic mass is 31.1. The van der Waals surface area contributed by atoms with Crippen LogP contribution in [0, 0.1) is 0 Å². The van der Waals surface area contributed by atoms with Gasteiger partial charge in [0.1, 0.15) is 0 Å². The molecule has 45 heavy (non-hydrogen) atoms. The molecule has 0 saturated carbocycles. The highest BCUT2D eigenvalue weighted by molar-refractivity contribution is 7.80. The van der Waals surface area contributed by atoms with E-state index in [9.17, 15) is 0 Å². The van der Waals surface area contributed by atoms with E-state index in [0.717, 1.165) is 19.6 Å². The number of rotatable bonds is 13. The Labute approximate surface area is 271 Å². The van der Waals surface area contributed by atoms with Crippen LogP contribution in [0.25, 0.3) is 0 Å². The van der Waals surface area contributed by atoms with Gasteiger partial charge in [0.25, 0.3) is 0 Å². The molecule has 0 aliphatic rings. The third-order valence-corrected chi connectivity index (χ3v) is 13.0. The molecule has 0 bridgehead atoms. The summed E-state index contributed by atoms with van der Waals surface area (Å²) in [6.07, 6.45) is 0. The SMILES string of the molecule is CC(CNCc1ccccc1P(c1ccccc1)c1ccccc1)NCc1ccccc1P(c1ccccc1)c1ccccc1. The van der Waals surface area contributed by atoms with Crippen LogP contribution >= 0.6 is 15.8 Å². The Kier molecular flexibility index (Phi) is 11.0. The Morgan fingerprint density at radius 2 is 0.756 bits per heavy atom. The number of hydrogen-bond acceptors (Lipinski definition) is 2. The summed E-state index contributed by atoms with van der Waals surface area (Å²) >= 11 is 0. The molecule has 224 valence electrons. The van der Waals surface area contributed by atoms with Crippen LogP contribution in [0.2, 0.25) is 0 Å². The van der Waals surface area contributed by atoms with Gasteiger partial charge in [-0.3, -0.25) is 0 Å². The van der Waals surface area contributed by atoms with E-state index in [1.165, 1.54) is 43.0 Å². The molecule has 0 aliphatic heterocycles. The van der Waals surface area contributed by atoms with Crippen molar-refractivity contribution in [1.82, 2.24) is 10.6 Å². The number of hydrogen-bond donors (Lipinski definition) is 2. The van der Waals surface area contributed by atoms with Gasteiger partial charge in [-0.15, -0.1) is 0 Å². The van der Waals surface area contributed by atoms with E-state index in [1.807, 2.05) is 0 Å². The fraction of sp³-hybridized carbons (Fsp3) is 0.122. The van der Waals surface area contributed by atoms with Crippen LogP contribution in [0.1, 0.15) is 18.1 Å². The van der Waals surface area contributed by atoms with Crippen molar-refractivity contribution >= 4 is 47.7 Å². The first kappa shape index (κ1) is 31.1. The van der Waals surface area contributed by atoms with Crippen LogP contribution in [0.15, 0.2) is 170 Å². The molecule has 0 heterocycles. The van der Waals surface area contributed by atoms with Gasteiger partial charge in [-0.1, -0.05) is 170 Å². The summed E-state index contributed by atoms with van der Waals surface area (Å²) < 4.78 is 0. The van der Waals surface area contributed by atoms with Gasteiger partial charge in [0, 0.05) is 25.7 Å². The molecule has 2 N–H and O–H groups in total. The number of nitrogens with one attached hydrogen (secondary N) is 2. The second-order valence-electron chi connectivity index (χ2n) is 11.2. The standard InChI is InChI=1S/C41H40N2P2/c1-33(43-32-35-19-15-17-29-41(35)45(38-24-10-4-11-25-38)39-26-12-5-13-27-39)30-42-31-34-18-14-16-28-40(34)44(36-20-6-2-7-21-36)37-22-8-3-9-23-37/h2-29,33,42-43H,30-32H2,1H3. The maximum absolute atomic E-state index is 3.82. The normalized spacial score (nSPS) is 12.0. The molecule has 0 aromatic heterocycles. The molecule has 1 unspecified atom stereocenters. The molecule has 4 heteroatoms. The van der Waals surface area contributed by atoms with Gasteiger partial charge < -0.3 is 10.6 Å². The highest BCUT2D eigenvalue weighted by Crippen LogP contribution is 2.35. The van der Waals surface area contributed by atoms with Crippen LogP contribution in [-0.2, 0) is 13.1 Å². The quantitative estimate of drug-likeness (QED) is 0.144. The zero-order chi connectivity index (χ0) is 30.7. The summed E-state index contributed by atoms with van der Waals surface area (Å²) in [5.41, 5.74) is 2.73. The summed E-state index contributed by atoms with van der Waals surface area (Å²) in [6.45, 7) is 4.84. The zero-order valence-corrected chi connectivity index (χ0v) is 27.5. The second kappa shape index (κ2) is 15.9. The smallest absolute Gasteiger partial charge is 0.0215 e. The molecule has 0 saturated heterocycles. The Morgan fingerprint density at radius 3 is 1.16 bits per heavy atom. The van der Waals surface area contributed by atoms with Gasteiger partial charge in [-0.2, -0.15) is 0 Å². The first-order valence-corrected chi connectivity index (χ1v) is 18.4. The van der Waals surface area contributed by atoms with Crippen LogP contribution < -0.4 is 42.5 Å².